The van der Waals surface area contributed by atoms with Crippen molar-refractivity contribution in [2.24, 2.45) is 34.5 Å². The zero-order valence-electron chi connectivity index (χ0n) is 17.3. The molecule has 156 valence electrons. The van der Waals surface area contributed by atoms with Crippen LogP contribution in [0, 0.1) is 34.5 Å². The Bertz CT molecular complexity index is 697. The summed E-state index contributed by atoms with van der Waals surface area (Å²) in [5, 5.41) is 0.807. The van der Waals surface area contributed by atoms with Gasteiger partial charge in [-0.1, -0.05) is 29.8 Å². The van der Waals surface area contributed by atoms with Crippen LogP contribution in [-0.4, -0.2) is 40.8 Å². The maximum Gasteiger partial charge on any atom is 0.410 e. The van der Waals surface area contributed by atoms with Gasteiger partial charge in [0.1, 0.15) is 11.4 Å². The minimum absolute atomic E-state index is 0.0303. The SMILES string of the molecule is C[C@]12CC[C@@]3(CC1CCC1C2CC[C@]2(C)C(=O)CCC12)CN(CCBr)C(=O)O3. The van der Waals surface area contributed by atoms with E-state index in [-0.39, 0.29) is 17.1 Å². The molecule has 4 aliphatic carbocycles. The van der Waals surface area contributed by atoms with Crippen LogP contribution in [0.15, 0.2) is 0 Å². The summed E-state index contributed by atoms with van der Waals surface area (Å²) in [7, 11) is 0. The quantitative estimate of drug-likeness (QED) is 0.542. The highest BCUT2D eigenvalue weighted by molar-refractivity contribution is 9.09. The van der Waals surface area contributed by atoms with Crippen LogP contribution >= 0.6 is 15.9 Å². The average Bonchev–Trinajstić information content (AvgIpc) is 3.13. The number of fused-ring (bicyclic) bond motifs is 5. The molecule has 1 saturated heterocycles. The number of hydrogen-bond acceptors (Lipinski definition) is 3. The van der Waals surface area contributed by atoms with E-state index in [2.05, 4.69) is 29.8 Å². The molecule has 5 rings (SSSR count). The Balaban J connectivity index is 1.36. The van der Waals surface area contributed by atoms with Gasteiger partial charge >= 0.3 is 6.09 Å². The van der Waals surface area contributed by atoms with E-state index < -0.39 is 0 Å². The van der Waals surface area contributed by atoms with Gasteiger partial charge in [-0.25, -0.2) is 4.79 Å². The molecule has 4 saturated carbocycles. The third-order valence-electron chi connectivity index (χ3n) is 9.91. The molecule has 7 atom stereocenters. The number of amides is 1. The van der Waals surface area contributed by atoms with E-state index in [0.29, 0.717) is 23.0 Å². The fourth-order valence-electron chi connectivity index (χ4n) is 8.28. The Morgan fingerprint density at radius 3 is 2.68 bits per heavy atom. The summed E-state index contributed by atoms with van der Waals surface area (Å²) in [6, 6.07) is 0. The smallest absolute Gasteiger partial charge is 0.410 e. The average molecular weight is 452 g/mol. The molecule has 5 aliphatic rings. The maximum atomic E-state index is 12.6. The largest absolute Gasteiger partial charge is 0.441 e. The topological polar surface area (TPSA) is 46.6 Å². The van der Waals surface area contributed by atoms with Crippen LogP contribution in [0.1, 0.15) is 71.6 Å². The Morgan fingerprint density at radius 2 is 1.89 bits per heavy atom. The molecular weight excluding hydrogens is 418 g/mol. The lowest BCUT2D eigenvalue weighted by atomic mass is 9.44. The molecule has 4 unspecified atom stereocenters. The fraction of sp³-hybridized carbons (Fsp3) is 0.913. The van der Waals surface area contributed by atoms with Crippen molar-refractivity contribution in [1.29, 1.82) is 0 Å². The number of ether oxygens (including phenoxy) is 1. The molecule has 5 fully saturated rings. The van der Waals surface area contributed by atoms with Crippen LogP contribution in [0.3, 0.4) is 0 Å². The van der Waals surface area contributed by atoms with Gasteiger partial charge in [-0.05, 0) is 80.5 Å². The first kappa shape index (κ1) is 19.4. The zero-order chi connectivity index (χ0) is 19.7. The number of alkyl halides is 1. The molecule has 0 aromatic heterocycles. The molecule has 5 heteroatoms. The minimum Gasteiger partial charge on any atom is -0.441 e. The second kappa shape index (κ2) is 6.46. The molecule has 1 spiro atoms. The molecule has 1 heterocycles. The van der Waals surface area contributed by atoms with E-state index >= 15 is 0 Å². The van der Waals surface area contributed by atoms with E-state index in [9.17, 15) is 9.59 Å². The van der Waals surface area contributed by atoms with E-state index in [1.54, 1.807) is 0 Å². The van der Waals surface area contributed by atoms with Crippen LogP contribution in [-0.2, 0) is 9.53 Å². The van der Waals surface area contributed by atoms with Gasteiger partial charge in [-0.15, -0.1) is 0 Å². The standard InChI is InChI=1S/C23H34BrNO3/c1-21-9-10-23(14-25(12-11-24)20(27)28-23)13-15(21)3-4-16-17-5-6-19(26)22(17,2)8-7-18(16)21/h15-18H,3-14H2,1-2H3/t15?,16?,17?,18?,21-,22-,23+/m0/s1. The Kier molecular flexibility index (Phi) is 4.47. The van der Waals surface area contributed by atoms with Crippen molar-refractivity contribution in [2.45, 2.75) is 77.2 Å². The number of carbonyl (C=O) groups excluding carboxylic acids is 2. The van der Waals surface area contributed by atoms with E-state index in [0.717, 1.165) is 62.4 Å². The number of hydrogen-bond donors (Lipinski definition) is 0. The van der Waals surface area contributed by atoms with E-state index in [1.807, 2.05) is 4.90 Å². The van der Waals surface area contributed by atoms with E-state index in [4.69, 9.17) is 4.74 Å². The summed E-state index contributed by atoms with van der Waals surface area (Å²) in [5.74, 6) is 3.29. The molecule has 4 nitrogen and oxygen atoms in total. The lowest BCUT2D eigenvalue weighted by Gasteiger charge is -2.61. The molecular formula is C23H34BrNO3. The predicted octanol–water partition coefficient (Wildman–Crippen LogP) is 5.18. The lowest BCUT2D eigenvalue weighted by Crippen LogP contribution is -2.56. The van der Waals surface area contributed by atoms with Crippen LogP contribution < -0.4 is 0 Å². The summed E-state index contributed by atoms with van der Waals surface area (Å²) in [6.07, 6.45) is 9.88. The van der Waals surface area contributed by atoms with Gasteiger partial charge in [0.05, 0.1) is 6.54 Å². The zero-order valence-corrected chi connectivity index (χ0v) is 18.9. The highest BCUT2D eigenvalue weighted by atomic mass is 79.9. The molecule has 0 radical (unpaired) electrons. The highest BCUT2D eigenvalue weighted by Gasteiger charge is 2.62. The van der Waals surface area contributed by atoms with Crippen LogP contribution in [0.25, 0.3) is 0 Å². The Hall–Kier alpha value is -0.580. The number of halogens is 1. The normalized spacial score (nSPS) is 50.3. The molecule has 0 N–H and O–H groups in total. The van der Waals surface area contributed by atoms with Gasteiger partial charge in [0.25, 0.3) is 0 Å². The second-order valence-electron chi connectivity index (χ2n) is 10.9. The van der Waals surface area contributed by atoms with E-state index in [1.165, 1.54) is 25.7 Å². The molecule has 0 aromatic rings. The maximum absolute atomic E-state index is 12.6. The molecule has 1 aliphatic heterocycles. The number of nitrogens with zero attached hydrogens (tertiary/aromatic N) is 1. The Morgan fingerprint density at radius 1 is 1.07 bits per heavy atom. The molecule has 1 amide bonds. The summed E-state index contributed by atoms with van der Waals surface area (Å²) < 4.78 is 6.01. The number of carbonyl (C=O) groups is 2. The first-order valence-electron chi connectivity index (χ1n) is 11.4. The van der Waals surface area contributed by atoms with Gasteiger partial charge in [0, 0.05) is 23.7 Å². The first-order chi connectivity index (χ1) is 13.3. The first-order valence-corrected chi connectivity index (χ1v) is 12.5. The van der Waals surface area contributed by atoms with Crippen molar-refractivity contribution in [1.82, 2.24) is 4.90 Å². The molecule has 28 heavy (non-hydrogen) atoms. The summed E-state index contributed by atoms with van der Waals surface area (Å²) in [4.78, 5) is 26.8. The fourth-order valence-corrected chi connectivity index (χ4v) is 8.71. The van der Waals surface area contributed by atoms with Gasteiger partial charge in [-0.2, -0.15) is 0 Å². The predicted molar refractivity (Wildman–Crippen MR) is 111 cm³/mol. The molecule has 0 bridgehead atoms. The van der Waals surface area contributed by atoms with Gasteiger partial charge in [0.15, 0.2) is 0 Å². The Labute approximate surface area is 177 Å². The summed E-state index contributed by atoms with van der Waals surface area (Å²) in [6.45, 7) is 6.31. The van der Waals surface area contributed by atoms with Crippen molar-refractivity contribution >= 4 is 27.8 Å². The monoisotopic (exact) mass is 451 g/mol. The summed E-state index contributed by atoms with van der Waals surface area (Å²) >= 11 is 3.46. The minimum atomic E-state index is -0.247. The van der Waals surface area contributed by atoms with Crippen LogP contribution in [0.2, 0.25) is 0 Å². The number of Topliss-reactive ketones (excluding diaryl/α,β-unsaturated/α-hetero) is 1. The second-order valence-corrected chi connectivity index (χ2v) is 11.7. The molecule has 0 aromatic carbocycles. The van der Waals surface area contributed by atoms with Crippen molar-refractivity contribution in [3.05, 3.63) is 0 Å². The van der Waals surface area contributed by atoms with Crippen LogP contribution in [0.4, 0.5) is 4.79 Å². The summed E-state index contributed by atoms with van der Waals surface area (Å²) in [5.41, 5.74) is 0.0799. The van der Waals surface area contributed by atoms with Crippen LogP contribution in [0.5, 0.6) is 0 Å². The third-order valence-corrected chi connectivity index (χ3v) is 10.3. The van der Waals surface area contributed by atoms with Crippen molar-refractivity contribution in [2.75, 3.05) is 18.4 Å². The highest BCUT2D eigenvalue weighted by Crippen LogP contribution is 2.66. The van der Waals surface area contributed by atoms with Gasteiger partial charge in [-0.3, -0.25) is 4.79 Å². The van der Waals surface area contributed by atoms with Crippen molar-refractivity contribution < 1.29 is 14.3 Å². The van der Waals surface area contributed by atoms with Gasteiger partial charge < -0.3 is 9.64 Å². The lowest BCUT2D eigenvalue weighted by molar-refractivity contribution is -0.149. The number of rotatable bonds is 2. The number of ketones is 1. The van der Waals surface area contributed by atoms with Crippen molar-refractivity contribution in [3.63, 3.8) is 0 Å². The third kappa shape index (κ3) is 2.60. The van der Waals surface area contributed by atoms with Gasteiger partial charge in [0.2, 0.25) is 0 Å². The van der Waals surface area contributed by atoms with Crippen molar-refractivity contribution in [3.8, 4) is 0 Å².